The standard InChI is InChI=1S/C10H10ClF3O2/c1-2-15-8-5-3-4-7(6-11)9(8)16-10(12,13)14/h3-5H,2,6H2,1H3. The van der Waals surface area contributed by atoms with Crippen LogP contribution in [-0.4, -0.2) is 13.0 Å². The fourth-order valence-electron chi connectivity index (χ4n) is 1.17. The second kappa shape index (κ2) is 5.30. The molecule has 16 heavy (non-hydrogen) atoms. The number of alkyl halides is 4. The number of hydrogen-bond donors (Lipinski definition) is 0. The Morgan fingerprint density at radius 2 is 2.00 bits per heavy atom. The van der Waals surface area contributed by atoms with Gasteiger partial charge >= 0.3 is 6.36 Å². The van der Waals surface area contributed by atoms with Crippen LogP contribution in [0, 0.1) is 0 Å². The minimum Gasteiger partial charge on any atom is -0.490 e. The Balaban J connectivity index is 3.09. The van der Waals surface area contributed by atoms with Gasteiger partial charge in [-0.15, -0.1) is 24.8 Å². The van der Waals surface area contributed by atoms with E-state index in [0.29, 0.717) is 0 Å². The third kappa shape index (κ3) is 3.48. The van der Waals surface area contributed by atoms with Crippen LogP contribution < -0.4 is 9.47 Å². The van der Waals surface area contributed by atoms with E-state index in [1.807, 2.05) is 0 Å². The zero-order chi connectivity index (χ0) is 12.2. The summed E-state index contributed by atoms with van der Waals surface area (Å²) in [5, 5.41) is 0. The van der Waals surface area contributed by atoms with Gasteiger partial charge < -0.3 is 9.47 Å². The first kappa shape index (κ1) is 13.0. The molecule has 0 N–H and O–H groups in total. The SMILES string of the molecule is CCOc1cccc(CCl)c1OC(F)(F)F. The Morgan fingerprint density at radius 1 is 1.31 bits per heavy atom. The second-order valence-electron chi connectivity index (χ2n) is 2.86. The molecule has 0 aromatic heterocycles. The van der Waals surface area contributed by atoms with Gasteiger partial charge in [-0.1, -0.05) is 12.1 Å². The van der Waals surface area contributed by atoms with Gasteiger partial charge in [-0.2, -0.15) is 0 Å². The lowest BCUT2D eigenvalue weighted by Crippen LogP contribution is -2.18. The highest BCUT2D eigenvalue weighted by Gasteiger charge is 2.33. The Morgan fingerprint density at radius 3 is 2.50 bits per heavy atom. The van der Waals surface area contributed by atoms with Crippen molar-refractivity contribution in [2.24, 2.45) is 0 Å². The largest absolute Gasteiger partial charge is 0.573 e. The van der Waals surface area contributed by atoms with Crippen molar-refractivity contribution >= 4 is 11.6 Å². The summed E-state index contributed by atoms with van der Waals surface area (Å²) in [5.74, 6) is -0.406. The molecule has 0 atom stereocenters. The van der Waals surface area contributed by atoms with Crippen LogP contribution in [0.4, 0.5) is 13.2 Å². The fraction of sp³-hybridized carbons (Fsp3) is 0.400. The maximum absolute atomic E-state index is 12.2. The van der Waals surface area contributed by atoms with E-state index in [1.165, 1.54) is 12.1 Å². The summed E-state index contributed by atoms with van der Waals surface area (Å²) in [4.78, 5) is 0. The molecule has 0 bridgehead atoms. The van der Waals surface area contributed by atoms with E-state index >= 15 is 0 Å². The monoisotopic (exact) mass is 254 g/mol. The molecule has 0 heterocycles. The van der Waals surface area contributed by atoms with Crippen molar-refractivity contribution in [3.8, 4) is 11.5 Å². The van der Waals surface area contributed by atoms with E-state index in [0.717, 1.165) is 0 Å². The Bertz CT molecular complexity index is 352. The van der Waals surface area contributed by atoms with Crippen molar-refractivity contribution in [3.05, 3.63) is 23.8 Å². The minimum atomic E-state index is -4.76. The zero-order valence-electron chi connectivity index (χ0n) is 8.47. The van der Waals surface area contributed by atoms with Crippen LogP contribution in [0.1, 0.15) is 12.5 Å². The molecule has 90 valence electrons. The molecule has 0 aliphatic carbocycles. The van der Waals surface area contributed by atoms with Gasteiger partial charge in [0.25, 0.3) is 0 Å². The first-order chi connectivity index (χ1) is 7.48. The second-order valence-corrected chi connectivity index (χ2v) is 3.13. The molecule has 0 aliphatic rings. The molecule has 0 amide bonds. The third-order valence-electron chi connectivity index (χ3n) is 1.72. The van der Waals surface area contributed by atoms with E-state index < -0.39 is 6.36 Å². The molecule has 1 rings (SSSR count). The quantitative estimate of drug-likeness (QED) is 0.763. The average Bonchev–Trinajstić information content (AvgIpc) is 2.19. The van der Waals surface area contributed by atoms with Gasteiger partial charge in [-0.25, -0.2) is 0 Å². The highest BCUT2D eigenvalue weighted by Crippen LogP contribution is 2.36. The molecule has 6 heteroatoms. The van der Waals surface area contributed by atoms with Gasteiger partial charge in [0.15, 0.2) is 11.5 Å². The summed E-state index contributed by atoms with van der Waals surface area (Å²) >= 11 is 5.53. The molecule has 0 fully saturated rings. The predicted molar refractivity (Wildman–Crippen MR) is 53.9 cm³/mol. The normalized spacial score (nSPS) is 11.3. The lowest BCUT2D eigenvalue weighted by molar-refractivity contribution is -0.275. The topological polar surface area (TPSA) is 18.5 Å². The molecule has 0 saturated carbocycles. The molecule has 0 radical (unpaired) electrons. The van der Waals surface area contributed by atoms with Gasteiger partial charge in [0.05, 0.1) is 12.5 Å². The van der Waals surface area contributed by atoms with E-state index in [1.54, 1.807) is 13.0 Å². The first-order valence-corrected chi connectivity index (χ1v) is 5.07. The highest BCUT2D eigenvalue weighted by atomic mass is 35.5. The van der Waals surface area contributed by atoms with Crippen LogP contribution in [0.25, 0.3) is 0 Å². The molecule has 1 aromatic carbocycles. The highest BCUT2D eigenvalue weighted by molar-refractivity contribution is 6.17. The number of benzene rings is 1. The molecular weight excluding hydrogens is 245 g/mol. The Labute approximate surface area is 95.9 Å². The molecule has 0 saturated heterocycles. The summed E-state index contributed by atoms with van der Waals surface area (Å²) in [7, 11) is 0. The minimum absolute atomic E-state index is 0.0398. The summed E-state index contributed by atoms with van der Waals surface area (Å²) < 4.78 is 45.4. The van der Waals surface area contributed by atoms with E-state index in [-0.39, 0.29) is 29.5 Å². The number of ether oxygens (including phenoxy) is 2. The van der Waals surface area contributed by atoms with Gasteiger partial charge in [-0.3, -0.25) is 0 Å². The molecular formula is C10H10ClF3O2. The van der Waals surface area contributed by atoms with Crippen LogP contribution in [-0.2, 0) is 5.88 Å². The van der Waals surface area contributed by atoms with Gasteiger partial charge in [-0.05, 0) is 13.0 Å². The lowest BCUT2D eigenvalue weighted by Gasteiger charge is -2.15. The smallest absolute Gasteiger partial charge is 0.490 e. The summed E-state index contributed by atoms with van der Waals surface area (Å²) in [6.07, 6.45) is -4.76. The number of halogens is 4. The first-order valence-electron chi connectivity index (χ1n) is 4.54. The van der Waals surface area contributed by atoms with Crippen molar-refractivity contribution < 1.29 is 22.6 Å². The van der Waals surface area contributed by atoms with Crippen LogP contribution >= 0.6 is 11.6 Å². The maximum Gasteiger partial charge on any atom is 0.573 e. The molecule has 2 nitrogen and oxygen atoms in total. The Hall–Kier alpha value is -1.10. The molecule has 0 unspecified atom stereocenters. The van der Waals surface area contributed by atoms with Gasteiger partial charge in [0.2, 0.25) is 0 Å². The third-order valence-corrected chi connectivity index (χ3v) is 2.01. The summed E-state index contributed by atoms with van der Waals surface area (Å²) in [6, 6.07) is 4.42. The average molecular weight is 255 g/mol. The van der Waals surface area contributed by atoms with Crippen LogP contribution in [0.2, 0.25) is 0 Å². The van der Waals surface area contributed by atoms with Crippen LogP contribution in [0.15, 0.2) is 18.2 Å². The van der Waals surface area contributed by atoms with Gasteiger partial charge in [0, 0.05) is 5.56 Å². The molecule has 0 spiro atoms. The van der Waals surface area contributed by atoms with Crippen molar-refractivity contribution in [2.75, 3.05) is 6.61 Å². The number of hydrogen-bond acceptors (Lipinski definition) is 2. The van der Waals surface area contributed by atoms with Gasteiger partial charge in [0.1, 0.15) is 0 Å². The number of rotatable bonds is 4. The van der Waals surface area contributed by atoms with Crippen molar-refractivity contribution in [2.45, 2.75) is 19.2 Å². The zero-order valence-corrected chi connectivity index (χ0v) is 9.23. The predicted octanol–water partition coefficient (Wildman–Crippen LogP) is 3.72. The van der Waals surface area contributed by atoms with E-state index in [9.17, 15) is 13.2 Å². The van der Waals surface area contributed by atoms with Crippen molar-refractivity contribution in [3.63, 3.8) is 0 Å². The van der Waals surface area contributed by atoms with Crippen molar-refractivity contribution in [1.82, 2.24) is 0 Å². The lowest BCUT2D eigenvalue weighted by atomic mass is 10.2. The molecule has 1 aromatic rings. The Kier molecular flexibility index (Phi) is 4.29. The maximum atomic E-state index is 12.2. The van der Waals surface area contributed by atoms with Crippen molar-refractivity contribution in [1.29, 1.82) is 0 Å². The fourth-order valence-corrected chi connectivity index (χ4v) is 1.38. The number of para-hydroxylation sites is 1. The molecule has 0 aliphatic heterocycles. The van der Waals surface area contributed by atoms with E-state index in [4.69, 9.17) is 16.3 Å². The summed E-state index contributed by atoms with van der Waals surface area (Å²) in [5.41, 5.74) is 0.241. The van der Waals surface area contributed by atoms with Crippen LogP contribution in [0.5, 0.6) is 11.5 Å². The van der Waals surface area contributed by atoms with Crippen LogP contribution in [0.3, 0.4) is 0 Å². The summed E-state index contributed by atoms with van der Waals surface area (Å²) in [6.45, 7) is 1.92. The van der Waals surface area contributed by atoms with E-state index in [2.05, 4.69) is 4.74 Å².